The molecule has 1 saturated carbocycles. The lowest BCUT2D eigenvalue weighted by molar-refractivity contribution is 0.356. The van der Waals surface area contributed by atoms with Crippen LogP contribution in [0.2, 0.25) is 0 Å². The van der Waals surface area contributed by atoms with Crippen LogP contribution in [-0.4, -0.2) is 62.9 Å². The molecule has 3 aromatic heterocycles. The predicted molar refractivity (Wildman–Crippen MR) is 118 cm³/mol. The molecule has 1 saturated heterocycles. The van der Waals surface area contributed by atoms with Crippen molar-refractivity contribution in [1.29, 1.82) is 0 Å². The van der Waals surface area contributed by atoms with Gasteiger partial charge in [-0.05, 0) is 69.6 Å². The minimum Gasteiger partial charge on any atom is -0.354 e. The molecular weight excluding hydrogens is 393 g/mol. The van der Waals surface area contributed by atoms with Gasteiger partial charge in [-0.3, -0.25) is 0 Å². The van der Waals surface area contributed by atoms with E-state index in [0.29, 0.717) is 40.0 Å². The van der Waals surface area contributed by atoms with Gasteiger partial charge in [-0.1, -0.05) is 0 Å². The van der Waals surface area contributed by atoms with E-state index < -0.39 is 0 Å². The van der Waals surface area contributed by atoms with Gasteiger partial charge < -0.3 is 9.80 Å². The summed E-state index contributed by atoms with van der Waals surface area (Å²) in [5.74, 6) is 1.81. The first-order valence-electron chi connectivity index (χ1n) is 10.6. The quantitative estimate of drug-likeness (QED) is 0.511. The number of halogens is 1. The van der Waals surface area contributed by atoms with Gasteiger partial charge in [0.1, 0.15) is 5.82 Å². The molecule has 1 aromatic carbocycles. The Morgan fingerprint density at radius 2 is 1.81 bits per heavy atom. The van der Waals surface area contributed by atoms with Crippen molar-refractivity contribution in [2.45, 2.75) is 19.9 Å². The lowest BCUT2D eigenvalue weighted by Crippen LogP contribution is -2.31. The summed E-state index contributed by atoms with van der Waals surface area (Å²) in [5, 5.41) is 13.9. The highest BCUT2D eigenvalue weighted by Crippen LogP contribution is 2.48. The zero-order valence-corrected chi connectivity index (χ0v) is 18.0. The molecule has 4 heterocycles. The van der Waals surface area contributed by atoms with E-state index in [2.05, 4.69) is 44.2 Å². The highest BCUT2D eigenvalue weighted by atomic mass is 19.1. The van der Waals surface area contributed by atoms with E-state index in [0.717, 1.165) is 35.8 Å². The molecule has 4 aromatic rings. The number of rotatable bonds is 3. The number of anilines is 1. The van der Waals surface area contributed by atoms with Crippen molar-refractivity contribution in [3.05, 3.63) is 47.5 Å². The normalized spacial score (nSPS) is 22.6. The minimum absolute atomic E-state index is 0.305. The van der Waals surface area contributed by atoms with Crippen LogP contribution in [0.1, 0.15) is 11.3 Å². The van der Waals surface area contributed by atoms with E-state index in [-0.39, 0.29) is 5.82 Å². The van der Waals surface area contributed by atoms with Crippen molar-refractivity contribution in [2.75, 3.05) is 32.1 Å². The van der Waals surface area contributed by atoms with E-state index in [1.165, 1.54) is 6.07 Å². The van der Waals surface area contributed by atoms with Crippen molar-refractivity contribution >= 4 is 22.4 Å². The number of fused-ring (bicyclic) bond motifs is 3. The molecule has 2 aliphatic rings. The molecule has 6 rings (SSSR count). The van der Waals surface area contributed by atoms with E-state index in [1.54, 1.807) is 4.52 Å². The Hall–Kier alpha value is -3.13. The molecule has 8 heteroatoms. The molecule has 0 amide bonds. The fourth-order valence-electron chi connectivity index (χ4n) is 5.23. The Bertz CT molecular complexity index is 1330. The monoisotopic (exact) mass is 417 g/mol. The molecule has 1 aliphatic carbocycles. The molecule has 2 fully saturated rings. The smallest absolute Gasteiger partial charge is 0.156 e. The van der Waals surface area contributed by atoms with E-state index >= 15 is 4.39 Å². The molecule has 1 unspecified atom stereocenters. The van der Waals surface area contributed by atoms with Gasteiger partial charge in [-0.2, -0.15) is 5.10 Å². The number of piperidine rings is 1. The molecule has 0 radical (unpaired) electrons. The average Bonchev–Trinajstić information content (AvgIpc) is 3.05. The molecular formula is C23H24FN7. The Morgan fingerprint density at radius 1 is 1.03 bits per heavy atom. The van der Waals surface area contributed by atoms with Crippen LogP contribution in [0.3, 0.4) is 0 Å². The number of hydrogen-bond acceptors (Lipinski definition) is 6. The fraction of sp³-hybridized carbons (Fsp3) is 0.391. The first-order chi connectivity index (χ1) is 14.9. The predicted octanol–water partition coefficient (Wildman–Crippen LogP) is 3.09. The van der Waals surface area contributed by atoms with Crippen molar-refractivity contribution in [2.24, 2.45) is 11.8 Å². The van der Waals surface area contributed by atoms with Gasteiger partial charge in [0, 0.05) is 30.1 Å². The minimum atomic E-state index is -0.305. The van der Waals surface area contributed by atoms with Gasteiger partial charge in [0.2, 0.25) is 0 Å². The van der Waals surface area contributed by atoms with Crippen LogP contribution in [0, 0.1) is 31.5 Å². The van der Waals surface area contributed by atoms with Gasteiger partial charge in [0.15, 0.2) is 11.5 Å². The van der Waals surface area contributed by atoms with Crippen LogP contribution in [0.4, 0.5) is 10.2 Å². The van der Waals surface area contributed by atoms with E-state index in [1.807, 2.05) is 38.2 Å². The SMILES string of the molecule is Cc1cn2nc(-c3cc(F)c4cc(N5C[C@@H]6C(N(C)C)[C@@H]6C5)nnc4c3)cc(C)c2n1. The second-order valence-electron chi connectivity index (χ2n) is 9.14. The zero-order chi connectivity index (χ0) is 21.4. The third kappa shape index (κ3) is 2.89. The molecule has 3 atom stereocenters. The second kappa shape index (κ2) is 6.43. The van der Waals surface area contributed by atoms with Crippen molar-refractivity contribution in [1.82, 2.24) is 29.7 Å². The maximum absolute atomic E-state index is 15.1. The van der Waals surface area contributed by atoms with Gasteiger partial charge in [-0.25, -0.2) is 13.9 Å². The Kier molecular flexibility index (Phi) is 3.87. The van der Waals surface area contributed by atoms with Crippen molar-refractivity contribution in [3.8, 4) is 11.3 Å². The summed E-state index contributed by atoms with van der Waals surface area (Å²) in [6, 6.07) is 7.82. The van der Waals surface area contributed by atoms with Gasteiger partial charge >= 0.3 is 0 Å². The summed E-state index contributed by atoms with van der Waals surface area (Å²) < 4.78 is 16.9. The molecule has 158 valence electrons. The molecule has 31 heavy (non-hydrogen) atoms. The van der Waals surface area contributed by atoms with Crippen LogP contribution in [0.5, 0.6) is 0 Å². The Morgan fingerprint density at radius 3 is 2.55 bits per heavy atom. The molecule has 0 N–H and O–H groups in total. The second-order valence-corrected chi connectivity index (χ2v) is 9.14. The summed E-state index contributed by atoms with van der Waals surface area (Å²) in [7, 11) is 4.27. The van der Waals surface area contributed by atoms with E-state index in [4.69, 9.17) is 0 Å². The van der Waals surface area contributed by atoms with Crippen LogP contribution < -0.4 is 4.90 Å². The highest BCUT2D eigenvalue weighted by molar-refractivity contribution is 5.85. The number of aryl methyl sites for hydroxylation is 2. The summed E-state index contributed by atoms with van der Waals surface area (Å²) >= 11 is 0. The third-order valence-corrected chi connectivity index (χ3v) is 6.74. The third-order valence-electron chi connectivity index (χ3n) is 6.74. The van der Waals surface area contributed by atoms with Gasteiger partial charge in [-0.15, -0.1) is 10.2 Å². The largest absolute Gasteiger partial charge is 0.354 e. The standard InChI is InChI=1S/C23H24FN7/c1-12-5-19(28-31-9-13(2)25-23(12)31)14-6-18(24)15-8-21(27-26-20(15)7-14)30-10-16-17(11-30)22(16)29(3)4/h5-9,16-17,22H,10-11H2,1-4H3/t16-,17+,22?. The van der Waals surface area contributed by atoms with Crippen molar-refractivity contribution < 1.29 is 4.39 Å². The van der Waals surface area contributed by atoms with Crippen LogP contribution in [0.15, 0.2) is 30.5 Å². The summed E-state index contributed by atoms with van der Waals surface area (Å²) in [4.78, 5) is 9.02. The van der Waals surface area contributed by atoms with Gasteiger partial charge in [0.05, 0.1) is 23.1 Å². The topological polar surface area (TPSA) is 62.5 Å². The highest BCUT2D eigenvalue weighted by Gasteiger charge is 2.57. The van der Waals surface area contributed by atoms with E-state index in [9.17, 15) is 0 Å². The van der Waals surface area contributed by atoms with Crippen LogP contribution in [-0.2, 0) is 0 Å². The number of nitrogens with zero attached hydrogens (tertiary/aromatic N) is 7. The Balaban J connectivity index is 1.34. The lowest BCUT2D eigenvalue weighted by atomic mass is 10.1. The number of aromatic nitrogens is 5. The molecule has 0 spiro atoms. The number of benzene rings is 1. The first-order valence-corrected chi connectivity index (χ1v) is 10.6. The zero-order valence-electron chi connectivity index (χ0n) is 18.0. The average molecular weight is 417 g/mol. The molecule has 0 bridgehead atoms. The van der Waals surface area contributed by atoms with Crippen LogP contribution >= 0.6 is 0 Å². The van der Waals surface area contributed by atoms with Gasteiger partial charge in [0.25, 0.3) is 0 Å². The fourth-order valence-corrected chi connectivity index (χ4v) is 5.23. The number of imidazole rings is 1. The summed E-state index contributed by atoms with van der Waals surface area (Å²) in [6.07, 6.45) is 1.87. The maximum Gasteiger partial charge on any atom is 0.156 e. The molecule has 1 aliphatic heterocycles. The molecule has 7 nitrogen and oxygen atoms in total. The maximum atomic E-state index is 15.1. The summed E-state index contributed by atoms with van der Waals surface area (Å²) in [5.41, 5.74) is 4.60. The lowest BCUT2D eigenvalue weighted by Gasteiger charge is -2.22. The number of hydrogen-bond donors (Lipinski definition) is 0. The van der Waals surface area contributed by atoms with Crippen molar-refractivity contribution in [3.63, 3.8) is 0 Å². The Labute approximate surface area is 179 Å². The summed E-state index contributed by atoms with van der Waals surface area (Å²) in [6.45, 7) is 5.83. The van der Waals surface area contributed by atoms with Crippen LogP contribution in [0.25, 0.3) is 27.8 Å². The first kappa shape index (κ1) is 18.6.